The average molecular weight is 467 g/mol. The summed E-state index contributed by atoms with van der Waals surface area (Å²) >= 11 is 0. The number of ketones is 1. The molecular weight excluding hydrogens is 428 g/mol. The van der Waals surface area contributed by atoms with Crippen molar-refractivity contribution >= 4 is 14.1 Å². The molecule has 0 aliphatic heterocycles. The minimum Gasteiger partial charge on any atom is -0.544 e. The van der Waals surface area contributed by atoms with Crippen LogP contribution < -0.4 is 4.43 Å². The molecule has 2 aromatic heterocycles. The quantitative estimate of drug-likeness (QED) is 0.302. The van der Waals surface area contributed by atoms with Crippen LogP contribution in [0, 0.1) is 13.8 Å². The molecule has 0 saturated heterocycles. The van der Waals surface area contributed by atoms with Crippen molar-refractivity contribution in [2.45, 2.75) is 84.4 Å². The van der Waals surface area contributed by atoms with Crippen molar-refractivity contribution in [1.29, 1.82) is 0 Å². The first-order valence-electron chi connectivity index (χ1n) is 11.7. The normalized spacial score (nSPS) is 12.7. The topological polar surface area (TPSA) is 52.6 Å². The van der Waals surface area contributed by atoms with E-state index >= 15 is 0 Å². The predicted octanol–water partition coefficient (Wildman–Crippen LogP) is 7.77. The minimum absolute atomic E-state index is 0.157. The molecule has 0 aliphatic carbocycles. The Morgan fingerprint density at radius 2 is 1.36 bits per heavy atom. The third-order valence-electron chi connectivity index (χ3n) is 6.91. The van der Waals surface area contributed by atoms with Crippen LogP contribution in [-0.2, 0) is 16.6 Å². The van der Waals surface area contributed by atoms with Crippen LogP contribution in [0.25, 0.3) is 0 Å². The maximum atomic E-state index is 13.1. The highest BCUT2D eigenvalue weighted by atomic mass is 28.4. The SMILES string of the molecule is Cc1ccc(C(C)(CC(=O)CCc2ccc(O[Si](C)(C)C(C)(C)C)cc2)c2ccc(C)o2)o1. The first-order chi connectivity index (χ1) is 15.3. The molecule has 3 rings (SSSR count). The Morgan fingerprint density at radius 1 is 0.848 bits per heavy atom. The van der Waals surface area contributed by atoms with E-state index < -0.39 is 13.7 Å². The van der Waals surface area contributed by atoms with E-state index in [4.69, 9.17) is 13.3 Å². The Kier molecular flexibility index (Phi) is 7.13. The second-order valence-corrected chi connectivity index (χ2v) is 15.6. The molecule has 1 aromatic carbocycles. The standard InChI is InChI=1S/C28H38O4Si/c1-20-9-17-25(30-20)28(6,26-18-10-21(2)31-26)19-23(29)14-11-22-12-15-24(16-13-22)32-33(7,8)27(3,4)5/h9-10,12-13,15-18H,11,14,19H2,1-8H3. The fraction of sp³-hybridized carbons (Fsp3) is 0.464. The summed E-state index contributed by atoms with van der Waals surface area (Å²) in [6, 6.07) is 16.0. The molecule has 0 atom stereocenters. The van der Waals surface area contributed by atoms with Crippen LogP contribution in [-0.4, -0.2) is 14.1 Å². The van der Waals surface area contributed by atoms with Gasteiger partial charge in [-0.3, -0.25) is 4.79 Å². The molecule has 0 N–H and O–H groups in total. The Morgan fingerprint density at radius 3 is 1.79 bits per heavy atom. The summed E-state index contributed by atoms with van der Waals surface area (Å²) in [4.78, 5) is 13.1. The van der Waals surface area contributed by atoms with E-state index in [1.165, 1.54) is 0 Å². The lowest BCUT2D eigenvalue weighted by molar-refractivity contribution is -0.120. The molecule has 0 radical (unpaired) electrons. The van der Waals surface area contributed by atoms with Crippen LogP contribution in [0.15, 0.2) is 57.4 Å². The minimum atomic E-state index is -1.86. The molecule has 33 heavy (non-hydrogen) atoms. The third-order valence-corrected chi connectivity index (χ3v) is 11.3. The highest BCUT2D eigenvalue weighted by Gasteiger charge is 2.39. The molecule has 4 nitrogen and oxygen atoms in total. The molecule has 0 spiro atoms. The third kappa shape index (κ3) is 5.88. The first-order valence-corrected chi connectivity index (χ1v) is 14.6. The number of Topliss-reactive ketones (excluding diaryl/α,β-unsaturated/α-hetero) is 1. The van der Waals surface area contributed by atoms with Gasteiger partial charge in [-0.15, -0.1) is 0 Å². The van der Waals surface area contributed by atoms with Gasteiger partial charge >= 0.3 is 0 Å². The largest absolute Gasteiger partial charge is 0.544 e. The average Bonchev–Trinajstić information content (AvgIpc) is 3.35. The fourth-order valence-corrected chi connectivity index (χ4v) is 4.73. The molecule has 0 fully saturated rings. The van der Waals surface area contributed by atoms with Gasteiger partial charge < -0.3 is 13.3 Å². The van der Waals surface area contributed by atoms with Gasteiger partial charge in [-0.1, -0.05) is 32.9 Å². The van der Waals surface area contributed by atoms with Crippen LogP contribution >= 0.6 is 0 Å². The van der Waals surface area contributed by atoms with Gasteiger partial charge in [-0.2, -0.15) is 0 Å². The van der Waals surface area contributed by atoms with Crippen molar-refractivity contribution in [2.75, 3.05) is 0 Å². The Hall–Kier alpha value is -2.53. The summed E-state index contributed by atoms with van der Waals surface area (Å²) in [6.07, 6.45) is 1.50. The van der Waals surface area contributed by atoms with E-state index in [1.54, 1.807) is 0 Å². The zero-order chi connectivity index (χ0) is 24.4. The lowest BCUT2D eigenvalue weighted by Gasteiger charge is -2.36. The Labute approximate surface area is 199 Å². The van der Waals surface area contributed by atoms with Crippen LogP contribution in [0.1, 0.15) is 69.1 Å². The van der Waals surface area contributed by atoms with Crippen molar-refractivity contribution in [1.82, 2.24) is 0 Å². The number of furan rings is 2. The second-order valence-electron chi connectivity index (χ2n) is 10.9. The van der Waals surface area contributed by atoms with Gasteiger partial charge in [0.15, 0.2) is 0 Å². The van der Waals surface area contributed by atoms with Crippen LogP contribution in [0.4, 0.5) is 0 Å². The van der Waals surface area contributed by atoms with E-state index in [2.05, 4.69) is 46.0 Å². The summed E-state index contributed by atoms with van der Waals surface area (Å²) in [7, 11) is -1.86. The highest BCUT2D eigenvalue weighted by Crippen LogP contribution is 2.39. The number of hydrogen-bond acceptors (Lipinski definition) is 4. The lowest BCUT2D eigenvalue weighted by Crippen LogP contribution is -2.43. The van der Waals surface area contributed by atoms with Gasteiger partial charge in [-0.25, -0.2) is 0 Å². The number of aryl methyl sites for hydroxylation is 3. The predicted molar refractivity (Wildman–Crippen MR) is 136 cm³/mol. The number of rotatable bonds is 9. The molecule has 0 saturated carbocycles. The van der Waals surface area contributed by atoms with Crippen molar-refractivity contribution in [2.24, 2.45) is 0 Å². The lowest BCUT2D eigenvalue weighted by atomic mass is 9.79. The molecule has 0 amide bonds. The smallest absolute Gasteiger partial charge is 0.250 e. The summed E-state index contributed by atoms with van der Waals surface area (Å²) in [5, 5.41) is 0.157. The molecular formula is C28H38O4Si. The molecule has 0 bridgehead atoms. The monoisotopic (exact) mass is 466 g/mol. The summed E-state index contributed by atoms with van der Waals surface area (Å²) in [6.45, 7) is 17.1. The number of carbonyl (C=O) groups excluding carboxylic acids is 1. The maximum Gasteiger partial charge on any atom is 0.250 e. The Bertz CT molecular complexity index is 1040. The van der Waals surface area contributed by atoms with Gasteiger partial charge in [0.05, 0.1) is 5.41 Å². The van der Waals surface area contributed by atoms with Crippen molar-refractivity contribution in [3.05, 3.63) is 77.1 Å². The molecule has 5 heteroatoms. The van der Waals surface area contributed by atoms with Gasteiger partial charge in [0.25, 0.3) is 0 Å². The van der Waals surface area contributed by atoms with Crippen molar-refractivity contribution < 1.29 is 18.1 Å². The zero-order valence-corrected chi connectivity index (χ0v) is 22.4. The molecule has 0 unspecified atom stereocenters. The zero-order valence-electron chi connectivity index (χ0n) is 21.4. The summed E-state index contributed by atoms with van der Waals surface area (Å²) in [5.74, 6) is 4.26. The second kappa shape index (κ2) is 9.38. The number of benzene rings is 1. The van der Waals surface area contributed by atoms with E-state index in [0.29, 0.717) is 19.3 Å². The van der Waals surface area contributed by atoms with Crippen LogP contribution in [0.5, 0.6) is 5.75 Å². The highest BCUT2D eigenvalue weighted by molar-refractivity contribution is 6.74. The number of hydrogen-bond donors (Lipinski definition) is 0. The Balaban J connectivity index is 1.66. The van der Waals surface area contributed by atoms with E-state index in [-0.39, 0.29) is 10.8 Å². The van der Waals surface area contributed by atoms with Crippen molar-refractivity contribution in [3.63, 3.8) is 0 Å². The van der Waals surface area contributed by atoms with Gasteiger partial charge in [0.1, 0.15) is 34.6 Å². The summed E-state index contributed by atoms with van der Waals surface area (Å²) < 4.78 is 18.2. The molecule has 178 valence electrons. The van der Waals surface area contributed by atoms with Gasteiger partial charge in [-0.05, 0) is 87.3 Å². The first kappa shape index (κ1) is 25.1. The van der Waals surface area contributed by atoms with E-state index in [9.17, 15) is 4.79 Å². The van der Waals surface area contributed by atoms with Crippen LogP contribution in [0.2, 0.25) is 18.1 Å². The van der Waals surface area contributed by atoms with E-state index in [0.717, 1.165) is 34.4 Å². The molecule has 3 aromatic rings. The van der Waals surface area contributed by atoms with Crippen LogP contribution in [0.3, 0.4) is 0 Å². The molecule has 2 heterocycles. The van der Waals surface area contributed by atoms with Crippen molar-refractivity contribution in [3.8, 4) is 5.75 Å². The van der Waals surface area contributed by atoms with E-state index in [1.807, 2.05) is 57.2 Å². The van der Waals surface area contributed by atoms with Gasteiger partial charge in [0.2, 0.25) is 8.32 Å². The fourth-order valence-electron chi connectivity index (χ4n) is 3.70. The number of carbonyl (C=O) groups is 1. The molecule has 0 aliphatic rings. The maximum absolute atomic E-state index is 13.1. The summed E-state index contributed by atoms with van der Waals surface area (Å²) in [5.41, 5.74) is 0.510. The van der Waals surface area contributed by atoms with Gasteiger partial charge in [0, 0.05) is 12.8 Å².